The molecule has 0 radical (unpaired) electrons. The Morgan fingerprint density at radius 2 is 1.77 bits per heavy atom. The molecule has 5 nitrogen and oxygen atoms in total. The van der Waals surface area contributed by atoms with Gasteiger partial charge in [0.25, 0.3) is 0 Å². The standard InChI is InChI=1S/C21H30N2O3/c24-21(22-11-5-2-6-12-22)20-15-19(26-18-7-3-1-4-8-18)16-23(20)17-9-13-25-14-10-17/h1,3-4,7-8,17,19-20H,2,5-6,9-16H2/t19-,20-/m0/s1. The van der Waals surface area contributed by atoms with Crippen molar-refractivity contribution in [1.29, 1.82) is 0 Å². The Bertz CT molecular complexity index is 582. The molecule has 0 N–H and O–H groups in total. The number of amides is 1. The second-order valence-corrected chi connectivity index (χ2v) is 7.73. The Balaban J connectivity index is 1.47. The normalized spacial score (nSPS) is 28.2. The van der Waals surface area contributed by atoms with Crippen LogP contribution in [-0.2, 0) is 9.53 Å². The number of piperidine rings is 1. The SMILES string of the molecule is O=C([C@@H]1C[C@H](Oc2ccccc2)CN1C1CCOCC1)N1CCCCC1. The fourth-order valence-corrected chi connectivity index (χ4v) is 4.59. The molecule has 4 rings (SSSR count). The lowest BCUT2D eigenvalue weighted by Crippen LogP contribution is -2.51. The number of carbonyl (C=O) groups excluding carboxylic acids is 1. The minimum atomic E-state index is -0.0371. The first kappa shape index (κ1) is 17.8. The fraction of sp³-hybridized carbons (Fsp3) is 0.667. The van der Waals surface area contributed by atoms with Crippen molar-refractivity contribution in [3.63, 3.8) is 0 Å². The Labute approximate surface area is 156 Å². The molecule has 0 saturated carbocycles. The number of nitrogens with zero attached hydrogens (tertiary/aromatic N) is 2. The Kier molecular flexibility index (Phi) is 5.75. The predicted octanol–water partition coefficient (Wildman–Crippen LogP) is 2.70. The van der Waals surface area contributed by atoms with Gasteiger partial charge in [0.1, 0.15) is 11.9 Å². The van der Waals surface area contributed by atoms with E-state index in [0.717, 1.165) is 70.7 Å². The number of hydrogen-bond donors (Lipinski definition) is 0. The lowest BCUT2D eigenvalue weighted by atomic mass is 10.0. The smallest absolute Gasteiger partial charge is 0.240 e. The van der Waals surface area contributed by atoms with Crippen LogP contribution in [-0.4, -0.2) is 66.7 Å². The number of ether oxygens (including phenoxy) is 2. The molecule has 5 heteroatoms. The van der Waals surface area contributed by atoms with Crippen LogP contribution in [0.2, 0.25) is 0 Å². The molecular weight excluding hydrogens is 328 g/mol. The quantitative estimate of drug-likeness (QED) is 0.830. The minimum Gasteiger partial charge on any atom is -0.489 e. The first-order chi connectivity index (χ1) is 12.8. The topological polar surface area (TPSA) is 42.0 Å². The molecule has 3 fully saturated rings. The molecule has 26 heavy (non-hydrogen) atoms. The van der Waals surface area contributed by atoms with Crippen molar-refractivity contribution in [2.75, 3.05) is 32.8 Å². The summed E-state index contributed by atoms with van der Waals surface area (Å²) in [5.74, 6) is 1.21. The second kappa shape index (κ2) is 8.40. The molecule has 3 aliphatic rings. The third-order valence-electron chi connectivity index (χ3n) is 5.96. The van der Waals surface area contributed by atoms with Gasteiger partial charge < -0.3 is 14.4 Å². The van der Waals surface area contributed by atoms with Crippen molar-refractivity contribution in [1.82, 2.24) is 9.80 Å². The summed E-state index contributed by atoms with van der Waals surface area (Å²) in [4.78, 5) is 17.8. The van der Waals surface area contributed by atoms with E-state index in [2.05, 4.69) is 9.80 Å². The average molecular weight is 358 g/mol. The highest BCUT2D eigenvalue weighted by Crippen LogP contribution is 2.30. The van der Waals surface area contributed by atoms with E-state index in [1.54, 1.807) is 0 Å². The van der Waals surface area contributed by atoms with Crippen molar-refractivity contribution in [2.24, 2.45) is 0 Å². The van der Waals surface area contributed by atoms with Gasteiger partial charge in [-0.3, -0.25) is 9.69 Å². The van der Waals surface area contributed by atoms with Crippen LogP contribution in [0.1, 0.15) is 38.5 Å². The maximum Gasteiger partial charge on any atom is 0.240 e. The molecule has 0 aromatic heterocycles. The second-order valence-electron chi connectivity index (χ2n) is 7.73. The highest BCUT2D eigenvalue weighted by atomic mass is 16.5. The Morgan fingerprint density at radius 1 is 1.04 bits per heavy atom. The highest BCUT2D eigenvalue weighted by molar-refractivity contribution is 5.82. The summed E-state index contributed by atoms with van der Waals surface area (Å²) in [6.45, 7) is 4.28. The molecule has 142 valence electrons. The van der Waals surface area contributed by atoms with Gasteiger partial charge in [-0.2, -0.15) is 0 Å². The molecule has 1 amide bonds. The number of carbonyl (C=O) groups is 1. The molecule has 1 aromatic carbocycles. The van der Waals surface area contributed by atoms with Crippen LogP contribution in [0, 0.1) is 0 Å². The summed E-state index contributed by atoms with van der Waals surface area (Å²) >= 11 is 0. The van der Waals surface area contributed by atoms with Gasteiger partial charge in [0.15, 0.2) is 0 Å². The van der Waals surface area contributed by atoms with Crippen molar-refractivity contribution in [2.45, 2.75) is 56.7 Å². The third-order valence-corrected chi connectivity index (χ3v) is 5.96. The van der Waals surface area contributed by atoms with E-state index >= 15 is 0 Å². The van der Waals surface area contributed by atoms with Crippen LogP contribution in [0.3, 0.4) is 0 Å². The largest absolute Gasteiger partial charge is 0.489 e. The molecule has 3 aliphatic heterocycles. The molecule has 1 aromatic rings. The van der Waals surface area contributed by atoms with E-state index in [1.165, 1.54) is 6.42 Å². The summed E-state index contributed by atoms with van der Waals surface area (Å²) in [7, 11) is 0. The van der Waals surface area contributed by atoms with E-state index in [0.29, 0.717) is 11.9 Å². The van der Waals surface area contributed by atoms with Crippen molar-refractivity contribution in [3.05, 3.63) is 30.3 Å². The van der Waals surface area contributed by atoms with Crippen LogP contribution in [0.5, 0.6) is 5.75 Å². The summed E-state index contributed by atoms with van der Waals surface area (Å²) in [6, 6.07) is 10.4. The van der Waals surface area contributed by atoms with Crippen LogP contribution >= 0.6 is 0 Å². The predicted molar refractivity (Wildman–Crippen MR) is 100 cm³/mol. The molecule has 0 spiro atoms. The maximum absolute atomic E-state index is 13.2. The number of likely N-dealkylation sites (tertiary alicyclic amines) is 2. The van der Waals surface area contributed by atoms with Crippen LogP contribution < -0.4 is 4.74 Å². The zero-order valence-electron chi connectivity index (χ0n) is 15.5. The van der Waals surface area contributed by atoms with Gasteiger partial charge in [0.2, 0.25) is 5.91 Å². The first-order valence-electron chi connectivity index (χ1n) is 10.2. The van der Waals surface area contributed by atoms with Crippen LogP contribution in [0.15, 0.2) is 30.3 Å². The average Bonchev–Trinajstić information content (AvgIpc) is 3.13. The van der Waals surface area contributed by atoms with E-state index in [1.807, 2.05) is 30.3 Å². The molecule has 3 saturated heterocycles. The van der Waals surface area contributed by atoms with Crippen LogP contribution in [0.4, 0.5) is 0 Å². The van der Waals surface area contributed by atoms with Gasteiger partial charge >= 0.3 is 0 Å². The maximum atomic E-state index is 13.2. The van der Waals surface area contributed by atoms with Gasteiger partial charge in [-0.05, 0) is 44.2 Å². The van der Waals surface area contributed by atoms with Gasteiger partial charge in [0, 0.05) is 45.3 Å². The van der Waals surface area contributed by atoms with Gasteiger partial charge in [0.05, 0.1) is 6.04 Å². The van der Waals surface area contributed by atoms with Crippen molar-refractivity contribution in [3.8, 4) is 5.75 Å². The molecular formula is C21H30N2O3. The molecule has 0 unspecified atom stereocenters. The molecule has 0 bridgehead atoms. The lowest BCUT2D eigenvalue weighted by Gasteiger charge is -2.37. The minimum absolute atomic E-state index is 0.0371. The van der Waals surface area contributed by atoms with Crippen molar-refractivity contribution >= 4 is 5.91 Å². The number of rotatable bonds is 4. The summed E-state index contributed by atoms with van der Waals surface area (Å²) in [5.41, 5.74) is 0. The van der Waals surface area contributed by atoms with E-state index in [-0.39, 0.29) is 12.1 Å². The van der Waals surface area contributed by atoms with Gasteiger partial charge in [-0.25, -0.2) is 0 Å². The number of para-hydroxylation sites is 1. The Morgan fingerprint density at radius 3 is 2.50 bits per heavy atom. The highest BCUT2D eigenvalue weighted by Gasteiger charge is 2.43. The van der Waals surface area contributed by atoms with Crippen LogP contribution in [0.25, 0.3) is 0 Å². The lowest BCUT2D eigenvalue weighted by molar-refractivity contribution is -0.138. The molecule has 0 aliphatic carbocycles. The van der Waals surface area contributed by atoms with Crippen molar-refractivity contribution < 1.29 is 14.3 Å². The Hall–Kier alpha value is -1.59. The number of hydrogen-bond acceptors (Lipinski definition) is 4. The first-order valence-corrected chi connectivity index (χ1v) is 10.2. The summed E-state index contributed by atoms with van der Waals surface area (Å²) < 4.78 is 11.8. The van der Waals surface area contributed by atoms with Gasteiger partial charge in [-0.1, -0.05) is 18.2 Å². The summed E-state index contributed by atoms with van der Waals surface area (Å²) in [6.07, 6.45) is 6.43. The molecule has 2 atom stereocenters. The van der Waals surface area contributed by atoms with E-state index in [4.69, 9.17) is 9.47 Å². The zero-order chi connectivity index (χ0) is 17.8. The number of benzene rings is 1. The van der Waals surface area contributed by atoms with E-state index < -0.39 is 0 Å². The zero-order valence-corrected chi connectivity index (χ0v) is 15.5. The summed E-state index contributed by atoms with van der Waals surface area (Å²) in [5, 5.41) is 0. The molecule has 3 heterocycles. The third kappa shape index (κ3) is 4.04. The fourth-order valence-electron chi connectivity index (χ4n) is 4.59. The monoisotopic (exact) mass is 358 g/mol. The van der Waals surface area contributed by atoms with Gasteiger partial charge in [-0.15, -0.1) is 0 Å². The van der Waals surface area contributed by atoms with E-state index in [9.17, 15) is 4.79 Å².